The second-order valence-corrected chi connectivity index (χ2v) is 5.41. The lowest BCUT2D eigenvalue weighted by Crippen LogP contribution is -2.49. The van der Waals surface area contributed by atoms with E-state index in [1.807, 2.05) is 12.2 Å². The summed E-state index contributed by atoms with van der Waals surface area (Å²) in [5, 5.41) is 5.01. The molecule has 3 nitrogen and oxygen atoms in total. The molecule has 1 aliphatic carbocycles. The molecule has 0 aromatic rings. The van der Waals surface area contributed by atoms with Crippen LogP contribution in [-0.4, -0.2) is 30.7 Å². The number of rotatable bonds is 5. The van der Waals surface area contributed by atoms with E-state index in [1.54, 1.807) is 6.92 Å². The van der Waals surface area contributed by atoms with Gasteiger partial charge in [-0.2, -0.15) is 13.2 Å². The summed E-state index contributed by atoms with van der Waals surface area (Å²) in [5.41, 5.74) is 0. The van der Waals surface area contributed by atoms with Crippen molar-refractivity contribution in [3.8, 4) is 0 Å². The fourth-order valence-corrected chi connectivity index (χ4v) is 2.58. The highest BCUT2D eigenvalue weighted by atomic mass is 19.4. The van der Waals surface area contributed by atoms with Gasteiger partial charge in [0.25, 0.3) is 0 Å². The number of halogens is 3. The number of hydrogen-bond acceptors (Lipinski definition) is 2. The molecule has 1 rings (SSSR count). The summed E-state index contributed by atoms with van der Waals surface area (Å²) < 4.78 is 36.0. The van der Waals surface area contributed by atoms with Gasteiger partial charge in [-0.3, -0.25) is 4.79 Å². The molecular weight excluding hydrogens is 257 g/mol. The van der Waals surface area contributed by atoms with Crippen molar-refractivity contribution in [2.24, 2.45) is 5.92 Å². The van der Waals surface area contributed by atoms with Gasteiger partial charge in [-0.05, 0) is 32.6 Å². The van der Waals surface area contributed by atoms with E-state index in [0.717, 1.165) is 12.8 Å². The van der Waals surface area contributed by atoms with Gasteiger partial charge in [-0.1, -0.05) is 19.3 Å². The first kappa shape index (κ1) is 16.3. The van der Waals surface area contributed by atoms with Crippen molar-refractivity contribution in [2.75, 3.05) is 6.54 Å². The number of hydrogen-bond donors (Lipinski definition) is 2. The highest BCUT2D eigenvalue weighted by Gasteiger charge is 2.29. The Morgan fingerprint density at radius 3 is 2.32 bits per heavy atom. The Hall–Kier alpha value is -0.780. The van der Waals surface area contributed by atoms with Crippen LogP contribution in [0, 0.1) is 5.92 Å². The van der Waals surface area contributed by atoms with Crippen molar-refractivity contribution < 1.29 is 18.0 Å². The molecule has 112 valence electrons. The minimum atomic E-state index is -4.36. The topological polar surface area (TPSA) is 41.1 Å². The zero-order chi connectivity index (χ0) is 14.5. The molecule has 0 saturated heterocycles. The first-order chi connectivity index (χ1) is 8.79. The van der Waals surface area contributed by atoms with Gasteiger partial charge in [0.05, 0.1) is 6.04 Å². The van der Waals surface area contributed by atoms with Gasteiger partial charge >= 0.3 is 6.18 Å². The van der Waals surface area contributed by atoms with E-state index in [0.29, 0.717) is 5.92 Å². The Kier molecular flexibility index (Phi) is 6.10. The predicted octanol–water partition coefficient (Wildman–Crippen LogP) is 2.61. The maximum atomic E-state index is 12.0. The van der Waals surface area contributed by atoms with Crippen LogP contribution in [0.2, 0.25) is 0 Å². The molecule has 1 amide bonds. The lowest BCUT2D eigenvalue weighted by Gasteiger charge is -2.30. The Morgan fingerprint density at radius 1 is 1.21 bits per heavy atom. The Labute approximate surface area is 112 Å². The highest BCUT2D eigenvalue weighted by molar-refractivity contribution is 5.81. The van der Waals surface area contributed by atoms with Gasteiger partial charge in [0.1, 0.15) is 6.54 Å². The van der Waals surface area contributed by atoms with Crippen LogP contribution in [0.15, 0.2) is 0 Å². The fraction of sp³-hybridized carbons (Fsp3) is 0.923. The third kappa shape index (κ3) is 6.27. The van der Waals surface area contributed by atoms with Crippen LogP contribution in [0.5, 0.6) is 0 Å². The average molecular weight is 280 g/mol. The van der Waals surface area contributed by atoms with Crippen LogP contribution in [0.3, 0.4) is 0 Å². The lowest BCUT2D eigenvalue weighted by atomic mass is 9.84. The van der Waals surface area contributed by atoms with Crippen LogP contribution in [0.25, 0.3) is 0 Å². The molecule has 0 bridgehead atoms. The molecule has 1 unspecified atom stereocenters. The SMILES string of the molecule is CC(N[C@H](C)C1CCCCC1)C(=O)NCC(F)(F)F. The zero-order valence-corrected chi connectivity index (χ0v) is 11.5. The predicted molar refractivity (Wildman–Crippen MR) is 67.7 cm³/mol. The third-order valence-electron chi connectivity index (χ3n) is 3.73. The Bertz CT molecular complexity index is 288. The molecular formula is C13H23F3N2O. The van der Waals surface area contributed by atoms with Gasteiger partial charge in [0.15, 0.2) is 0 Å². The van der Waals surface area contributed by atoms with E-state index >= 15 is 0 Å². The fourth-order valence-electron chi connectivity index (χ4n) is 2.58. The minimum Gasteiger partial charge on any atom is -0.346 e. The van der Waals surface area contributed by atoms with E-state index in [-0.39, 0.29) is 6.04 Å². The number of nitrogens with one attached hydrogen (secondary N) is 2. The monoisotopic (exact) mass is 280 g/mol. The summed E-state index contributed by atoms with van der Waals surface area (Å²) in [6.07, 6.45) is 1.56. The first-order valence-corrected chi connectivity index (χ1v) is 6.90. The quantitative estimate of drug-likeness (QED) is 0.813. The number of alkyl halides is 3. The van der Waals surface area contributed by atoms with Crippen LogP contribution >= 0.6 is 0 Å². The first-order valence-electron chi connectivity index (χ1n) is 6.90. The van der Waals surface area contributed by atoms with Gasteiger partial charge in [0, 0.05) is 6.04 Å². The van der Waals surface area contributed by atoms with Crippen molar-refractivity contribution in [1.29, 1.82) is 0 Å². The van der Waals surface area contributed by atoms with Crippen molar-refractivity contribution in [2.45, 2.75) is 64.2 Å². The molecule has 1 fully saturated rings. The largest absolute Gasteiger partial charge is 0.405 e. The molecule has 0 aliphatic heterocycles. The second-order valence-electron chi connectivity index (χ2n) is 5.41. The average Bonchev–Trinajstić information content (AvgIpc) is 2.36. The highest BCUT2D eigenvalue weighted by Crippen LogP contribution is 2.26. The van der Waals surface area contributed by atoms with Gasteiger partial charge in [-0.25, -0.2) is 0 Å². The zero-order valence-electron chi connectivity index (χ0n) is 11.5. The molecule has 1 aliphatic rings. The van der Waals surface area contributed by atoms with Crippen LogP contribution in [-0.2, 0) is 4.79 Å². The van der Waals surface area contributed by atoms with E-state index in [9.17, 15) is 18.0 Å². The molecule has 0 heterocycles. The number of amides is 1. The van der Waals surface area contributed by atoms with E-state index in [1.165, 1.54) is 19.3 Å². The van der Waals surface area contributed by atoms with Crippen LogP contribution in [0.1, 0.15) is 46.0 Å². The number of carbonyl (C=O) groups excluding carboxylic acids is 1. The molecule has 0 spiro atoms. The minimum absolute atomic E-state index is 0.159. The third-order valence-corrected chi connectivity index (χ3v) is 3.73. The summed E-state index contributed by atoms with van der Waals surface area (Å²) in [5.74, 6) is -0.0772. The normalized spacial score (nSPS) is 20.9. The summed E-state index contributed by atoms with van der Waals surface area (Å²) in [6, 6.07) is -0.439. The Balaban J connectivity index is 2.32. The summed E-state index contributed by atoms with van der Waals surface area (Å²) in [6.45, 7) is 2.34. The van der Waals surface area contributed by atoms with Crippen molar-refractivity contribution in [1.82, 2.24) is 10.6 Å². The molecule has 0 aromatic carbocycles. The summed E-state index contributed by atoms with van der Waals surface area (Å²) in [7, 11) is 0. The molecule has 0 radical (unpaired) electrons. The van der Waals surface area contributed by atoms with E-state index in [4.69, 9.17) is 0 Å². The smallest absolute Gasteiger partial charge is 0.346 e. The lowest BCUT2D eigenvalue weighted by molar-refractivity contribution is -0.139. The molecule has 6 heteroatoms. The van der Waals surface area contributed by atoms with Gasteiger partial charge in [0.2, 0.25) is 5.91 Å². The van der Waals surface area contributed by atoms with Crippen molar-refractivity contribution in [3.05, 3.63) is 0 Å². The van der Waals surface area contributed by atoms with Gasteiger partial charge in [-0.15, -0.1) is 0 Å². The van der Waals surface area contributed by atoms with Crippen LogP contribution < -0.4 is 10.6 Å². The van der Waals surface area contributed by atoms with Crippen molar-refractivity contribution in [3.63, 3.8) is 0 Å². The summed E-state index contributed by atoms with van der Waals surface area (Å²) in [4.78, 5) is 11.5. The van der Waals surface area contributed by atoms with E-state index < -0.39 is 24.7 Å². The maximum Gasteiger partial charge on any atom is 0.405 e. The molecule has 1 saturated carbocycles. The molecule has 2 N–H and O–H groups in total. The van der Waals surface area contributed by atoms with Crippen molar-refractivity contribution >= 4 is 5.91 Å². The van der Waals surface area contributed by atoms with E-state index in [2.05, 4.69) is 5.32 Å². The second kappa shape index (κ2) is 7.12. The summed E-state index contributed by atoms with van der Waals surface area (Å²) >= 11 is 0. The number of carbonyl (C=O) groups is 1. The standard InChI is InChI=1S/C13H23F3N2O/c1-9(11-6-4-3-5-7-11)18-10(2)12(19)17-8-13(14,15)16/h9-11,18H,3-8H2,1-2H3,(H,17,19)/t9-,10?/m1/s1. The van der Waals surface area contributed by atoms with Crippen LogP contribution in [0.4, 0.5) is 13.2 Å². The Morgan fingerprint density at radius 2 is 1.79 bits per heavy atom. The molecule has 2 atom stereocenters. The molecule has 0 aromatic heterocycles. The maximum absolute atomic E-state index is 12.0. The van der Waals surface area contributed by atoms with Gasteiger partial charge < -0.3 is 10.6 Å². The molecule has 19 heavy (non-hydrogen) atoms.